The van der Waals surface area contributed by atoms with Gasteiger partial charge in [0, 0.05) is 14.8 Å². The van der Waals surface area contributed by atoms with Crippen LogP contribution < -0.4 is 10.6 Å². The minimum Gasteiger partial charge on any atom is -0.481 e. The summed E-state index contributed by atoms with van der Waals surface area (Å²) in [6.07, 6.45) is -0.0336. The maximum absolute atomic E-state index is 12.1. The van der Waals surface area contributed by atoms with Crippen molar-refractivity contribution in [1.82, 2.24) is 5.32 Å². The summed E-state index contributed by atoms with van der Waals surface area (Å²) < 4.78 is 0.961. The number of carbonyl (C=O) groups excluding carboxylic acids is 1. The first kappa shape index (κ1) is 17.4. The number of thiocarbonyl (C=S) groups is 1. The molecule has 3 N–H and O–H groups in total. The van der Waals surface area contributed by atoms with Crippen LogP contribution in [-0.2, 0) is 11.2 Å². The summed E-state index contributed by atoms with van der Waals surface area (Å²) in [4.78, 5) is 22.7. The minimum atomic E-state index is -0.883. The van der Waals surface area contributed by atoms with E-state index >= 15 is 0 Å². The number of hydrogen-bond donors (Lipinski definition) is 3. The van der Waals surface area contributed by atoms with Crippen molar-refractivity contribution in [2.45, 2.75) is 6.42 Å². The summed E-state index contributed by atoms with van der Waals surface area (Å²) in [6.45, 7) is 0. The predicted octanol–water partition coefficient (Wildman–Crippen LogP) is 3.05. The number of halogens is 1. The Morgan fingerprint density at radius 1 is 1.13 bits per heavy atom. The lowest BCUT2D eigenvalue weighted by atomic mass is 10.1. The zero-order valence-electron chi connectivity index (χ0n) is 11.9. The number of amides is 1. The quantitative estimate of drug-likeness (QED) is 0.504. The zero-order chi connectivity index (χ0) is 16.8. The number of hydrogen-bond acceptors (Lipinski definition) is 3. The fourth-order valence-corrected chi connectivity index (χ4v) is 2.60. The van der Waals surface area contributed by atoms with Gasteiger partial charge in [-0.1, -0.05) is 18.2 Å². The van der Waals surface area contributed by atoms with E-state index in [0.29, 0.717) is 16.8 Å². The van der Waals surface area contributed by atoms with Crippen LogP contribution in [0.25, 0.3) is 0 Å². The maximum Gasteiger partial charge on any atom is 0.307 e. The second-order valence-electron chi connectivity index (χ2n) is 4.69. The van der Waals surface area contributed by atoms with Gasteiger partial charge >= 0.3 is 5.97 Å². The molecule has 23 heavy (non-hydrogen) atoms. The molecule has 0 heterocycles. The lowest BCUT2D eigenvalue weighted by molar-refractivity contribution is -0.136. The second-order valence-corrected chi connectivity index (χ2v) is 6.34. The first-order chi connectivity index (χ1) is 10.9. The number of carboxylic acids is 1. The number of anilines is 1. The number of carboxylic acid groups (broad SMARTS) is 1. The molecule has 0 unspecified atom stereocenters. The Kier molecular flexibility index (Phi) is 6.05. The van der Waals surface area contributed by atoms with Crippen molar-refractivity contribution in [1.29, 1.82) is 0 Å². The SMILES string of the molecule is O=C(O)Cc1ccc(NC(=S)NC(=O)c2cccc(I)c2)cc1. The van der Waals surface area contributed by atoms with Crippen LogP contribution in [-0.4, -0.2) is 22.1 Å². The third-order valence-electron chi connectivity index (χ3n) is 2.88. The Balaban J connectivity index is 1.94. The molecule has 118 valence electrons. The highest BCUT2D eigenvalue weighted by Gasteiger charge is 2.08. The number of rotatable bonds is 4. The van der Waals surface area contributed by atoms with Gasteiger partial charge < -0.3 is 10.4 Å². The summed E-state index contributed by atoms with van der Waals surface area (Å²) >= 11 is 7.24. The molecule has 0 atom stereocenters. The Hall–Kier alpha value is -2.00. The average Bonchev–Trinajstić information content (AvgIpc) is 2.48. The van der Waals surface area contributed by atoms with Crippen molar-refractivity contribution in [2.24, 2.45) is 0 Å². The van der Waals surface area contributed by atoms with Gasteiger partial charge in [-0.05, 0) is 70.7 Å². The fourth-order valence-electron chi connectivity index (χ4n) is 1.85. The van der Waals surface area contributed by atoms with Gasteiger partial charge in [0.2, 0.25) is 0 Å². The van der Waals surface area contributed by atoms with E-state index in [2.05, 4.69) is 33.2 Å². The van der Waals surface area contributed by atoms with Crippen LogP contribution in [0, 0.1) is 3.57 Å². The number of aliphatic carboxylic acids is 1. The largest absolute Gasteiger partial charge is 0.481 e. The zero-order valence-corrected chi connectivity index (χ0v) is 14.8. The maximum atomic E-state index is 12.1. The highest BCUT2D eigenvalue weighted by atomic mass is 127. The average molecular weight is 440 g/mol. The summed E-state index contributed by atoms with van der Waals surface area (Å²) in [6, 6.07) is 14.0. The molecule has 0 spiro atoms. The monoisotopic (exact) mass is 440 g/mol. The standard InChI is InChI=1S/C16H13IN2O3S/c17-12-3-1-2-11(9-12)15(22)19-16(23)18-13-6-4-10(5-7-13)8-14(20)21/h1-7,9H,8H2,(H,20,21)(H2,18,19,22,23). The molecule has 0 fully saturated rings. The van der Waals surface area contributed by atoms with Gasteiger partial charge in [0.1, 0.15) is 0 Å². The van der Waals surface area contributed by atoms with E-state index in [9.17, 15) is 9.59 Å². The van der Waals surface area contributed by atoms with Crippen molar-refractivity contribution in [2.75, 3.05) is 5.32 Å². The molecule has 7 heteroatoms. The summed E-state index contributed by atoms with van der Waals surface area (Å²) in [5.41, 5.74) is 1.89. The predicted molar refractivity (Wildman–Crippen MR) is 101 cm³/mol. The molecule has 0 saturated carbocycles. The first-order valence-electron chi connectivity index (χ1n) is 6.62. The van der Waals surface area contributed by atoms with E-state index in [1.54, 1.807) is 42.5 Å². The molecule has 0 radical (unpaired) electrons. The van der Waals surface area contributed by atoms with Crippen LogP contribution in [0.2, 0.25) is 0 Å². The van der Waals surface area contributed by atoms with E-state index < -0.39 is 5.97 Å². The van der Waals surface area contributed by atoms with Gasteiger partial charge in [0.05, 0.1) is 6.42 Å². The molecule has 0 bridgehead atoms. The normalized spacial score (nSPS) is 9.96. The molecule has 2 aromatic rings. The highest BCUT2D eigenvalue weighted by molar-refractivity contribution is 14.1. The molecule has 0 aliphatic rings. The van der Waals surface area contributed by atoms with Gasteiger partial charge in [-0.15, -0.1) is 0 Å². The Bertz CT molecular complexity index is 747. The van der Waals surface area contributed by atoms with E-state index in [1.807, 2.05) is 6.07 Å². The first-order valence-corrected chi connectivity index (χ1v) is 8.11. The fraction of sp³-hybridized carbons (Fsp3) is 0.0625. The van der Waals surface area contributed by atoms with Crippen LogP contribution in [0.4, 0.5) is 5.69 Å². The van der Waals surface area contributed by atoms with Gasteiger partial charge in [0.15, 0.2) is 5.11 Å². The summed E-state index contributed by atoms with van der Waals surface area (Å²) in [5.74, 6) is -1.17. The Morgan fingerprint density at radius 2 is 1.83 bits per heavy atom. The molecule has 2 rings (SSSR count). The van der Waals surface area contributed by atoms with Gasteiger partial charge in [-0.3, -0.25) is 14.9 Å². The topological polar surface area (TPSA) is 78.4 Å². The molecule has 0 aliphatic heterocycles. The lowest BCUT2D eigenvalue weighted by Gasteiger charge is -2.10. The number of nitrogens with one attached hydrogen (secondary N) is 2. The lowest BCUT2D eigenvalue weighted by Crippen LogP contribution is -2.34. The molecule has 5 nitrogen and oxygen atoms in total. The molecule has 2 aromatic carbocycles. The molecule has 0 saturated heterocycles. The second kappa shape index (κ2) is 8.02. The number of benzene rings is 2. The van der Waals surface area contributed by atoms with Crippen LogP contribution in [0.3, 0.4) is 0 Å². The minimum absolute atomic E-state index is 0.0336. The van der Waals surface area contributed by atoms with Crippen LogP contribution in [0.1, 0.15) is 15.9 Å². The van der Waals surface area contributed by atoms with Crippen molar-refractivity contribution in [3.8, 4) is 0 Å². The molecule has 1 amide bonds. The van der Waals surface area contributed by atoms with Crippen molar-refractivity contribution in [3.63, 3.8) is 0 Å². The van der Waals surface area contributed by atoms with E-state index in [0.717, 1.165) is 3.57 Å². The molecule has 0 aromatic heterocycles. The summed E-state index contributed by atoms with van der Waals surface area (Å²) in [7, 11) is 0. The molecule has 0 aliphatic carbocycles. The van der Waals surface area contributed by atoms with Gasteiger partial charge in [-0.25, -0.2) is 0 Å². The third-order valence-corrected chi connectivity index (χ3v) is 3.76. The third kappa shape index (κ3) is 5.61. The molecular weight excluding hydrogens is 427 g/mol. The van der Waals surface area contributed by atoms with Gasteiger partial charge in [-0.2, -0.15) is 0 Å². The van der Waals surface area contributed by atoms with E-state index in [1.165, 1.54) is 0 Å². The van der Waals surface area contributed by atoms with E-state index in [4.69, 9.17) is 17.3 Å². The van der Waals surface area contributed by atoms with E-state index in [-0.39, 0.29) is 17.4 Å². The Labute approximate surface area is 152 Å². The smallest absolute Gasteiger partial charge is 0.307 e. The van der Waals surface area contributed by atoms with Gasteiger partial charge in [0.25, 0.3) is 5.91 Å². The van der Waals surface area contributed by atoms with Crippen molar-refractivity contribution in [3.05, 3.63) is 63.2 Å². The molecular formula is C16H13IN2O3S. The highest BCUT2D eigenvalue weighted by Crippen LogP contribution is 2.11. The van der Waals surface area contributed by atoms with Crippen LogP contribution in [0.5, 0.6) is 0 Å². The Morgan fingerprint density at radius 3 is 2.43 bits per heavy atom. The van der Waals surface area contributed by atoms with Crippen molar-refractivity contribution < 1.29 is 14.7 Å². The van der Waals surface area contributed by atoms with Crippen LogP contribution >= 0.6 is 34.8 Å². The number of carbonyl (C=O) groups is 2. The van der Waals surface area contributed by atoms with Crippen LogP contribution in [0.15, 0.2) is 48.5 Å². The summed E-state index contributed by atoms with van der Waals surface area (Å²) in [5, 5.41) is 14.4. The van der Waals surface area contributed by atoms with Crippen molar-refractivity contribution >= 4 is 57.5 Å².